The van der Waals surface area contributed by atoms with Crippen LogP contribution in [0.1, 0.15) is 11.8 Å². The zero-order valence-electron chi connectivity index (χ0n) is 12.0. The van der Waals surface area contributed by atoms with Crippen LogP contribution in [0.4, 0.5) is 11.8 Å². The number of hydrogen-bond donors (Lipinski definition) is 3. The van der Waals surface area contributed by atoms with Gasteiger partial charge in [0.1, 0.15) is 10.6 Å². The lowest BCUT2D eigenvalue weighted by molar-refractivity contribution is -0.0104. The monoisotopic (exact) mass is 309 g/mol. The Balaban J connectivity index is 2.08. The summed E-state index contributed by atoms with van der Waals surface area (Å²) in [5.41, 5.74) is 2.53. The van der Waals surface area contributed by atoms with Gasteiger partial charge in [0.2, 0.25) is 5.95 Å². The predicted octanol–water partition coefficient (Wildman–Crippen LogP) is 0.871. The molecule has 21 heavy (non-hydrogen) atoms. The highest BCUT2D eigenvalue weighted by molar-refractivity contribution is 7.18. The molecule has 1 aliphatic heterocycles. The summed E-state index contributed by atoms with van der Waals surface area (Å²) in [7, 11) is 0. The van der Waals surface area contributed by atoms with Gasteiger partial charge in [-0.05, 0) is 19.9 Å². The van der Waals surface area contributed by atoms with E-state index in [1.54, 1.807) is 11.3 Å². The first-order valence-electron chi connectivity index (χ1n) is 6.86. The van der Waals surface area contributed by atoms with E-state index in [1.165, 1.54) is 4.88 Å². The van der Waals surface area contributed by atoms with Crippen LogP contribution in [-0.4, -0.2) is 47.0 Å². The number of fused-ring (bicyclic) bond motifs is 1. The van der Waals surface area contributed by atoms with Crippen molar-refractivity contribution >= 4 is 33.3 Å². The number of thiophene rings is 1. The van der Waals surface area contributed by atoms with Crippen molar-refractivity contribution in [1.29, 1.82) is 0 Å². The molecule has 0 spiro atoms. The maximum atomic E-state index is 9.35. The standard InChI is InChI=1S/C13H19N5O2S/c1-7-6-20-9(5-19)4-18(7)11-10-3-8(2)21-12(10)16-13(15-11)17-14/h3,7,9,19H,4-6,14H2,1-2H3,(H,15,16,17). The number of nitrogens with one attached hydrogen (secondary N) is 1. The van der Waals surface area contributed by atoms with Crippen molar-refractivity contribution in [3.63, 3.8) is 0 Å². The normalized spacial score (nSPS) is 22.8. The van der Waals surface area contributed by atoms with Crippen LogP contribution in [-0.2, 0) is 4.74 Å². The summed E-state index contributed by atoms with van der Waals surface area (Å²) in [6.45, 7) is 5.29. The average molecular weight is 309 g/mol. The van der Waals surface area contributed by atoms with E-state index in [0.717, 1.165) is 16.0 Å². The van der Waals surface area contributed by atoms with Gasteiger partial charge in [0.15, 0.2) is 0 Å². The van der Waals surface area contributed by atoms with Gasteiger partial charge in [0.05, 0.1) is 30.7 Å². The summed E-state index contributed by atoms with van der Waals surface area (Å²) < 4.78 is 5.59. The third-order valence-corrected chi connectivity index (χ3v) is 4.55. The highest BCUT2D eigenvalue weighted by Gasteiger charge is 2.28. The van der Waals surface area contributed by atoms with Crippen molar-refractivity contribution in [2.45, 2.75) is 26.0 Å². The number of aliphatic hydroxyl groups excluding tert-OH is 1. The van der Waals surface area contributed by atoms with Gasteiger partial charge in [-0.15, -0.1) is 11.3 Å². The van der Waals surface area contributed by atoms with E-state index < -0.39 is 0 Å². The number of nitrogens with zero attached hydrogens (tertiary/aromatic N) is 3. The number of ether oxygens (including phenoxy) is 1. The Hall–Kier alpha value is -1.48. The molecule has 2 aromatic rings. The molecular weight excluding hydrogens is 290 g/mol. The van der Waals surface area contributed by atoms with Gasteiger partial charge in [0.25, 0.3) is 0 Å². The minimum Gasteiger partial charge on any atom is -0.394 e. The van der Waals surface area contributed by atoms with Crippen molar-refractivity contribution in [3.8, 4) is 0 Å². The first-order valence-corrected chi connectivity index (χ1v) is 7.68. The molecule has 2 aromatic heterocycles. The van der Waals surface area contributed by atoms with Gasteiger partial charge in [0, 0.05) is 11.4 Å². The lowest BCUT2D eigenvalue weighted by Crippen LogP contribution is -2.50. The second-order valence-electron chi connectivity index (χ2n) is 5.23. The summed E-state index contributed by atoms with van der Waals surface area (Å²) in [5, 5.41) is 10.4. The predicted molar refractivity (Wildman–Crippen MR) is 83.6 cm³/mol. The molecular formula is C13H19N5O2S. The molecule has 0 radical (unpaired) electrons. The zero-order valence-corrected chi connectivity index (χ0v) is 12.9. The van der Waals surface area contributed by atoms with Crippen molar-refractivity contribution in [1.82, 2.24) is 9.97 Å². The van der Waals surface area contributed by atoms with Gasteiger partial charge >= 0.3 is 0 Å². The van der Waals surface area contributed by atoms with Crippen molar-refractivity contribution in [2.75, 3.05) is 30.1 Å². The van der Waals surface area contributed by atoms with Gasteiger partial charge in [-0.3, -0.25) is 5.43 Å². The lowest BCUT2D eigenvalue weighted by atomic mass is 10.2. The molecule has 3 heterocycles. The number of aliphatic hydroxyl groups is 1. The molecule has 4 N–H and O–H groups in total. The van der Waals surface area contributed by atoms with Crippen LogP contribution in [0.15, 0.2) is 6.07 Å². The minimum absolute atomic E-state index is 0.00209. The molecule has 8 heteroatoms. The van der Waals surface area contributed by atoms with Crippen LogP contribution in [0.25, 0.3) is 10.2 Å². The highest BCUT2D eigenvalue weighted by Crippen LogP contribution is 2.33. The number of anilines is 2. The first kappa shape index (κ1) is 14.5. The topological polar surface area (TPSA) is 96.5 Å². The molecule has 2 unspecified atom stereocenters. The number of hydrogen-bond acceptors (Lipinski definition) is 8. The number of hydrazine groups is 1. The Kier molecular flexibility index (Phi) is 3.94. The second kappa shape index (κ2) is 5.72. The van der Waals surface area contributed by atoms with E-state index >= 15 is 0 Å². The smallest absolute Gasteiger partial charge is 0.240 e. The van der Waals surface area contributed by atoms with Gasteiger partial charge < -0.3 is 14.7 Å². The largest absolute Gasteiger partial charge is 0.394 e. The molecule has 3 rings (SSSR count). The molecule has 0 aromatic carbocycles. The Morgan fingerprint density at radius 3 is 3.10 bits per heavy atom. The van der Waals surface area contributed by atoms with Crippen LogP contribution in [0.2, 0.25) is 0 Å². The van der Waals surface area contributed by atoms with E-state index in [0.29, 0.717) is 19.1 Å². The summed E-state index contributed by atoms with van der Waals surface area (Å²) in [6, 6.07) is 2.27. The number of aryl methyl sites for hydroxylation is 1. The fourth-order valence-electron chi connectivity index (χ4n) is 2.53. The molecule has 1 saturated heterocycles. The van der Waals surface area contributed by atoms with Crippen LogP contribution < -0.4 is 16.2 Å². The third kappa shape index (κ3) is 2.67. The minimum atomic E-state index is -0.194. The summed E-state index contributed by atoms with van der Waals surface area (Å²) in [4.78, 5) is 13.2. The number of morpholine rings is 1. The Bertz CT molecular complexity index is 647. The van der Waals surface area contributed by atoms with Crippen molar-refractivity contribution < 1.29 is 9.84 Å². The van der Waals surface area contributed by atoms with Crippen LogP contribution in [0, 0.1) is 6.92 Å². The molecule has 114 valence electrons. The first-order chi connectivity index (χ1) is 10.1. The summed E-state index contributed by atoms with van der Waals surface area (Å²) >= 11 is 1.61. The maximum absolute atomic E-state index is 9.35. The molecule has 0 bridgehead atoms. The summed E-state index contributed by atoms with van der Waals surface area (Å²) in [5.74, 6) is 6.72. The third-order valence-electron chi connectivity index (χ3n) is 3.61. The Labute approximate surface area is 126 Å². The van der Waals surface area contributed by atoms with Gasteiger partial charge in [-0.2, -0.15) is 4.98 Å². The van der Waals surface area contributed by atoms with Crippen molar-refractivity contribution in [3.05, 3.63) is 10.9 Å². The van der Waals surface area contributed by atoms with E-state index in [9.17, 15) is 5.11 Å². The van der Waals surface area contributed by atoms with Gasteiger partial charge in [-0.1, -0.05) is 0 Å². The van der Waals surface area contributed by atoms with E-state index in [1.807, 2.05) is 6.92 Å². The number of rotatable bonds is 3. The van der Waals surface area contributed by atoms with Crippen LogP contribution in [0.3, 0.4) is 0 Å². The van der Waals surface area contributed by atoms with Gasteiger partial charge in [-0.25, -0.2) is 10.8 Å². The molecule has 0 amide bonds. The average Bonchev–Trinajstić information content (AvgIpc) is 2.87. The Morgan fingerprint density at radius 2 is 2.38 bits per heavy atom. The molecule has 0 saturated carbocycles. The van der Waals surface area contributed by atoms with Crippen LogP contribution in [0.5, 0.6) is 0 Å². The molecule has 7 nitrogen and oxygen atoms in total. The maximum Gasteiger partial charge on any atom is 0.240 e. The number of nitrogens with two attached hydrogens (primary N) is 1. The molecule has 0 aliphatic carbocycles. The molecule has 2 atom stereocenters. The number of aromatic nitrogens is 2. The molecule has 1 fully saturated rings. The quantitative estimate of drug-likeness (QED) is 0.572. The van der Waals surface area contributed by atoms with Crippen LogP contribution >= 0.6 is 11.3 Å². The lowest BCUT2D eigenvalue weighted by Gasteiger charge is -2.38. The second-order valence-corrected chi connectivity index (χ2v) is 6.47. The fourth-order valence-corrected chi connectivity index (χ4v) is 3.41. The van der Waals surface area contributed by atoms with E-state index in [2.05, 4.69) is 33.3 Å². The number of nitrogen functional groups attached to an aromatic ring is 1. The van der Waals surface area contributed by atoms with E-state index in [4.69, 9.17) is 10.6 Å². The molecule has 1 aliphatic rings. The SMILES string of the molecule is Cc1cc2c(N3CC(CO)OCC3C)nc(NN)nc2s1. The Morgan fingerprint density at radius 1 is 1.57 bits per heavy atom. The van der Waals surface area contributed by atoms with E-state index in [-0.39, 0.29) is 18.8 Å². The van der Waals surface area contributed by atoms with Crippen molar-refractivity contribution in [2.24, 2.45) is 5.84 Å². The summed E-state index contributed by atoms with van der Waals surface area (Å²) in [6.07, 6.45) is -0.194. The highest BCUT2D eigenvalue weighted by atomic mass is 32.1. The zero-order chi connectivity index (χ0) is 15.0. The fraction of sp³-hybridized carbons (Fsp3) is 0.538.